The van der Waals surface area contributed by atoms with Crippen molar-refractivity contribution >= 4 is 29.7 Å². The van der Waals surface area contributed by atoms with Crippen molar-refractivity contribution < 1.29 is 48.3 Å². The van der Waals surface area contributed by atoms with Crippen molar-refractivity contribution in [3.63, 3.8) is 0 Å². The number of Topliss-reactive ketones (excluding diaryl/α,β-unsaturated/α-hetero) is 1. The van der Waals surface area contributed by atoms with Crippen LogP contribution in [0, 0.1) is 0 Å². The predicted molar refractivity (Wildman–Crippen MR) is 114 cm³/mol. The van der Waals surface area contributed by atoms with Gasteiger partial charge in [-0.05, 0) is 42.3 Å². The van der Waals surface area contributed by atoms with Crippen LogP contribution in [0.25, 0.3) is 6.08 Å². The van der Waals surface area contributed by atoms with E-state index in [0.29, 0.717) is 22.6 Å². The van der Waals surface area contributed by atoms with E-state index < -0.39 is 36.9 Å². The molecule has 0 bridgehead atoms. The van der Waals surface area contributed by atoms with Gasteiger partial charge < -0.3 is 34.5 Å². The highest BCUT2D eigenvalue weighted by atomic mass is 16.7. The molecule has 1 atom stereocenters. The van der Waals surface area contributed by atoms with E-state index in [1.165, 1.54) is 18.2 Å². The molecule has 34 heavy (non-hydrogen) atoms. The number of amides is 1. The number of ether oxygens (including phenoxy) is 4. The molecule has 0 spiro atoms. The summed E-state index contributed by atoms with van der Waals surface area (Å²) >= 11 is 0. The molecule has 2 aromatic rings. The number of carboxylic acid groups (broad SMARTS) is 2. The number of nitrogens with one attached hydrogen (secondary N) is 1. The Morgan fingerprint density at radius 3 is 2.62 bits per heavy atom. The maximum absolute atomic E-state index is 12.7. The molecule has 0 fully saturated rings. The zero-order valence-electron chi connectivity index (χ0n) is 17.6. The Balaban J connectivity index is 1.38. The van der Waals surface area contributed by atoms with E-state index in [0.717, 1.165) is 0 Å². The third-order valence-electron chi connectivity index (χ3n) is 4.99. The number of allylic oxidation sites excluding steroid dienone is 1. The summed E-state index contributed by atoms with van der Waals surface area (Å²) in [5.74, 6) is -1.81. The molecular formula is C23H19NO10. The molecule has 0 aromatic heterocycles. The number of benzene rings is 2. The van der Waals surface area contributed by atoms with Crippen LogP contribution in [0.4, 0.5) is 0 Å². The van der Waals surface area contributed by atoms with Gasteiger partial charge in [0.25, 0.3) is 5.91 Å². The monoisotopic (exact) mass is 469 g/mol. The fourth-order valence-corrected chi connectivity index (χ4v) is 3.32. The SMILES string of the molecule is O=C(O)CC[C@H](NC(=O)COc1ccc2c(c1)OC(=Cc1ccc3c(c1)OCO3)C2=O)C(=O)O. The molecule has 2 aliphatic heterocycles. The second-order valence-corrected chi connectivity index (χ2v) is 7.39. The minimum atomic E-state index is -1.35. The Labute approximate surface area is 192 Å². The van der Waals surface area contributed by atoms with E-state index in [9.17, 15) is 19.2 Å². The van der Waals surface area contributed by atoms with Crippen LogP contribution in [0.15, 0.2) is 42.2 Å². The summed E-state index contributed by atoms with van der Waals surface area (Å²) in [4.78, 5) is 46.5. The van der Waals surface area contributed by atoms with Crippen molar-refractivity contribution in [1.29, 1.82) is 0 Å². The molecule has 0 aliphatic carbocycles. The molecule has 11 heteroatoms. The fraction of sp³-hybridized carbons (Fsp3) is 0.217. The van der Waals surface area contributed by atoms with Gasteiger partial charge in [0.05, 0.1) is 5.56 Å². The lowest BCUT2D eigenvalue weighted by molar-refractivity contribution is -0.143. The van der Waals surface area contributed by atoms with Gasteiger partial charge >= 0.3 is 11.9 Å². The third-order valence-corrected chi connectivity index (χ3v) is 4.99. The number of hydrogen-bond donors (Lipinski definition) is 3. The predicted octanol–water partition coefficient (Wildman–Crippen LogP) is 1.84. The highest BCUT2D eigenvalue weighted by Gasteiger charge is 2.28. The molecule has 4 rings (SSSR count). The number of carbonyl (C=O) groups excluding carboxylic acids is 2. The normalized spacial score (nSPS) is 15.4. The second-order valence-electron chi connectivity index (χ2n) is 7.39. The highest BCUT2D eigenvalue weighted by Crippen LogP contribution is 2.37. The summed E-state index contributed by atoms with van der Waals surface area (Å²) in [5.41, 5.74) is 1.01. The van der Waals surface area contributed by atoms with Crippen molar-refractivity contribution in [3.8, 4) is 23.0 Å². The molecule has 0 saturated carbocycles. The van der Waals surface area contributed by atoms with Crippen LogP contribution in [-0.2, 0) is 14.4 Å². The van der Waals surface area contributed by atoms with Crippen molar-refractivity contribution in [2.45, 2.75) is 18.9 Å². The molecular weight excluding hydrogens is 450 g/mol. The molecule has 1 amide bonds. The van der Waals surface area contributed by atoms with Gasteiger partial charge in [-0.3, -0.25) is 14.4 Å². The van der Waals surface area contributed by atoms with Gasteiger partial charge in [0, 0.05) is 12.5 Å². The minimum Gasteiger partial charge on any atom is -0.484 e. The lowest BCUT2D eigenvalue weighted by Crippen LogP contribution is -2.43. The number of rotatable bonds is 9. The quantitative estimate of drug-likeness (QED) is 0.463. The van der Waals surface area contributed by atoms with Crippen LogP contribution in [0.5, 0.6) is 23.0 Å². The number of hydrogen-bond acceptors (Lipinski definition) is 8. The lowest BCUT2D eigenvalue weighted by atomic mass is 10.1. The van der Waals surface area contributed by atoms with E-state index in [-0.39, 0.29) is 36.3 Å². The van der Waals surface area contributed by atoms with Crippen LogP contribution < -0.4 is 24.3 Å². The standard InChI is InChI=1S/C23H19NO10/c25-20(24-15(23(29)30)4-6-21(26)27)10-31-13-2-3-14-17(9-13)34-19(22(14)28)8-12-1-5-16-18(7-12)33-11-32-16/h1-3,5,7-9,15H,4,6,10-11H2,(H,24,25)(H,26,27)(H,29,30)/t15-/m0/s1. The molecule has 2 heterocycles. The number of fused-ring (bicyclic) bond motifs is 2. The maximum atomic E-state index is 12.7. The van der Waals surface area contributed by atoms with Gasteiger partial charge in [-0.25, -0.2) is 4.79 Å². The van der Waals surface area contributed by atoms with Gasteiger partial charge in [-0.1, -0.05) is 6.07 Å². The first-order valence-corrected chi connectivity index (χ1v) is 10.1. The summed E-state index contributed by atoms with van der Waals surface area (Å²) in [6.45, 7) is -0.375. The largest absolute Gasteiger partial charge is 0.484 e. The van der Waals surface area contributed by atoms with E-state index in [1.54, 1.807) is 24.3 Å². The molecule has 0 unspecified atom stereocenters. The van der Waals surface area contributed by atoms with Crippen LogP contribution in [0.1, 0.15) is 28.8 Å². The number of ketones is 1. The molecule has 0 radical (unpaired) electrons. The zero-order chi connectivity index (χ0) is 24.2. The second kappa shape index (κ2) is 9.53. The van der Waals surface area contributed by atoms with Gasteiger partial charge in [0.2, 0.25) is 12.6 Å². The summed E-state index contributed by atoms with van der Waals surface area (Å²) in [7, 11) is 0. The van der Waals surface area contributed by atoms with Crippen molar-refractivity contribution in [2.75, 3.05) is 13.4 Å². The van der Waals surface area contributed by atoms with E-state index >= 15 is 0 Å². The van der Waals surface area contributed by atoms with Crippen LogP contribution in [0.2, 0.25) is 0 Å². The third kappa shape index (κ3) is 5.09. The zero-order valence-corrected chi connectivity index (χ0v) is 17.6. The van der Waals surface area contributed by atoms with Crippen molar-refractivity contribution in [2.24, 2.45) is 0 Å². The molecule has 2 aliphatic rings. The number of carboxylic acids is 2. The van der Waals surface area contributed by atoms with Gasteiger partial charge in [0.1, 0.15) is 17.5 Å². The van der Waals surface area contributed by atoms with Crippen LogP contribution in [-0.4, -0.2) is 53.3 Å². The summed E-state index contributed by atoms with van der Waals surface area (Å²) in [6.07, 6.45) is 0.904. The molecule has 176 valence electrons. The first kappa shape index (κ1) is 22.6. The maximum Gasteiger partial charge on any atom is 0.326 e. The Morgan fingerprint density at radius 2 is 1.85 bits per heavy atom. The van der Waals surface area contributed by atoms with Crippen LogP contribution in [0.3, 0.4) is 0 Å². The Hall–Kier alpha value is -4.54. The highest BCUT2D eigenvalue weighted by molar-refractivity contribution is 6.14. The minimum absolute atomic E-state index is 0.103. The Kier molecular flexibility index (Phi) is 6.35. The first-order chi connectivity index (χ1) is 16.3. The van der Waals surface area contributed by atoms with Gasteiger partial charge in [0.15, 0.2) is 23.9 Å². The number of carbonyl (C=O) groups is 4. The van der Waals surface area contributed by atoms with E-state index in [1.807, 2.05) is 0 Å². The average Bonchev–Trinajstić information content (AvgIpc) is 3.38. The molecule has 3 N–H and O–H groups in total. The van der Waals surface area contributed by atoms with Gasteiger partial charge in [-0.2, -0.15) is 0 Å². The number of aliphatic carboxylic acids is 2. The van der Waals surface area contributed by atoms with E-state index in [4.69, 9.17) is 29.2 Å². The van der Waals surface area contributed by atoms with Crippen molar-refractivity contribution in [1.82, 2.24) is 5.32 Å². The molecule has 11 nitrogen and oxygen atoms in total. The molecule has 0 saturated heterocycles. The summed E-state index contributed by atoms with van der Waals surface area (Å²) in [5, 5.41) is 20.0. The van der Waals surface area contributed by atoms with E-state index in [2.05, 4.69) is 5.32 Å². The van der Waals surface area contributed by atoms with Crippen molar-refractivity contribution in [3.05, 3.63) is 53.3 Å². The lowest BCUT2D eigenvalue weighted by Gasteiger charge is -2.14. The van der Waals surface area contributed by atoms with Gasteiger partial charge in [-0.15, -0.1) is 0 Å². The Bertz CT molecular complexity index is 1200. The van der Waals surface area contributed by atoms with Crippen LogP contribution >= 0.6 is 0 Å². The summed E-state index contributed by atoms with van der Waals surface area (Å²) < 4.78 is 21.6. The summed E-state index contributed by atoms with van der Waals surface area (Å²) in [6, 6.07) is 8.29. The first-order valence-electron chi connectivity index (χ1n) is 10.1. The molecule has 2 aromatic carbocycles. The average molecular weight is 469 g/mol. The topological polar surface area (TPSA) is 158 Å². The smallest absolute Gasteiger partial charge is 0.326 e. The fourth-order valence-electron chi connectivity index (χ4n) is 3.32. The Morgan fingerprint density at radius 1 is 1.06 bits per heavy atom.